The Labute approximate surface area is 185 Å². The molecule has 0 radical (unpaired) electrons. The van der Waals surface area contributed by atoms with E-state index in [1.165, 1.54) is 0 Å². The van der Waals surface area contributed by atoms with Gasteiger partial charge in [-0.05, 0) is 31.0 Å². The zero-order valence-electron chi connectivity index (χ0n) is 16.9. The molecule has 5 rings (SSSR count). The first-order valence-electron chi connectivity index (χ1n) is 10.4. The van der Waals surface area contributed by atoms with Crippen LogP contribution in [-0.4, -0.2) is 45.5 Å². The average molecular weight is 436 g/mol. The number of pyridine rings is 2. The van der Waals surface area contributed by atoms with Gasteiger partial charge in [0.05, 0.1) is 30.0 Å². The Morgan fingerprint density at radius 1 is 1.13 bits per heavy atom. The summed E-state index contributed by atoms with van der Waals surface area (Å²) in [7, 11) is 0. The number of carbonyl (C=O) groups excluding carboxylic acids is 1. The van der Waals surface area contributed by atoms with Crippen molar-refractivity contribution in [2.24, 2.45) is 0 Å². The van der Waals surface area contributed by atoms with E-state index in [0.29, 0.717) is 29.1 Å². The molecule has 2 aliphatic rings. The Bertz CT molecular complexity index is 1090. The van der Waals surface area contributed by atoms with Crippen molar-refractivity contribution in [3.63, 3.8) is 0 Å². The fraction of sp³-hybridized carbons (Fsp3) is 0.318. The maximum atomic E-state index is 12.0. The lowest BCUT2D eigenvalue weighted by Gasteiger charge is -2.20. The van der Waals surface area contributed by atoms with Crippen molar-refractivity contribution in [1.82, 2.24) is 19.9 Å². The predicted octanol–water partition coefficient (Wildman–Crippen LogP) is 3.78. The highest BCUT2D eigenvalue weighted by Gasteiger charge is 2.27. The van der Waals surface area contributed by atoms with E-state index in [0.717, 1.165) is 49.5 Å². The molecule has 1 amide bonds. The van der Waals surface area contributed by atoms with Crippen LogP contribution in [0.1, 0.15) is 30.9 Å². The largest absolute Gasteiger partial charge is 0.355 e. The standard InChI is InChI=1S/C22H22ClN7O/c23-18-13-26-22(27-16-10-17(12-24-11-16)30-8-3-5-20(30)31)28-21(18)29-9-6-15(14-29)19-4-1-2-7-25-19/h1-2,4,7,10-13,15H,3,5-6,8-9,14H2,(H,26,27,28). The van der Waals surface area contributed by atoms with Crippen LogP contribution in [0.5, 0.6) is 0 Å². The highest BCUT2D eigenvalue weighted by Crippen LogP contribution is 2.33. The highest BCUT2D eigenvalue weighted by atomic mass is 35.5. The van der Waals surface area contributed by atoms with Crippen LogP contribution in [0, 0.1) is 0 Å². The second kappa shape index (κ2) is 8.47. The van der Waals surface area contributed by atoms with Gasteiger partial charge < -0.3 is 15.1 Å². The van der Waals surface area contributed by atoms with Crippen LogP contribution in [0.3, 0.4) is 0 Å². The van der Waals surface area contributed by atoms with Gasteiger partial charge in [-0.15, -0.1) is 0 Å². The summed E-state index contributed by atoms with van der Waals surface area (Å²) >= 11 is 6.43. The minimum atomic E-state index is 0.125. The lowest BCUT2D eigenvalue weighted by atomic mass is 10.0. The molecule has 0 spiro atoms. The van der Waals surface area contributed by atoms with Gasteiger partial charge in [0.25, 0.3) is 0 Å². The van der Waals surface area contributed by atoms with Gasteiger partial charge in [-0.2, -0.15) is 4.98 Å². The van der Waals surface area contributed by atoms with Crippen molar-refractivity contribution in [2.45, 2.75) is 25.2 Å². The molecular formula is C22H22ClN7O. The Morgan fingerprint density at radius 3 is 2.87 bits per heavy atom. The molecule has 1 N–H and O–H groups in total. The van der Waals surface area contributed by atoms with Crippen molar-refractivity contribution >= 4 is 40.6 Å². The molecule has 3 aromatic heterocycles. The van der Waals surface area contributed by atoms with Gasteiger partial charge in [0.1, 0.15) is 5.02 Å². The first-order valence-corrected chi connectivity index (χ1v) is 10.8. The van der Waals surface area contributed by atoms with Crippen LogP contribution < -0.4 is 15.1 Å². The molecule has 31 heavy (non-hydrogen) atoms. The Hall–Kier alpha value is -3.26. The first-order chi connectivity index (χ1) is 15.2. The lowest BCUT2D eigenvalue weighted by molar-refractivity contribution is -0.117. The number of anilines is 4. The number of rotatable bonds is 5. The van der Waals surface area contributed by atoms with Crippen LogP contribution in [0.2, 0.25) is 5.02 Å². The number of amides is 1. The number of halogens is 1. The van der Waals surface area contributed by atoms with Gasteiger partial charge in [-0.25, -0.2) is 4.98 Å². The Kier molecular flexibility index (Phi) is 5.38. The van der Waals surface area contributed by atoms with E-state index < -0.39 is 0 Å². The highest BCUT2D eigenvalue weighted by molar-refractivity contribution is 6.32. The average Bonchev–Trinajstić information content (AvgIpc) is 3.45. The van der Waals surface area contributed by atoms with E-state index in [9.17, 15) is 4.79 Å². The molecule has 0 aliphatic carbocycles. The van der Waals surface area contributed by atoms with Crippen molar-refractivity contribution in [3.05, 3.63) is 59.8 Å². The Morgan fingerprint density at radius 2 is 2.06 bits per heavy atom. The molecule has 2 aliphatic heterocycles. The summed E-state index contributed by atoms with van der Waals surface area (Å²) in [5.41, 5.74) is 2.59. The van der Waals surface area contributed by atoms with E-state index in [2.05, 4.69) is 36.2 Å². The quantitative estimate of drug-likeness (QED) is 0.652. The van der Waals surface area contributed by atoms with Crippen LogP contribution in [0.25, 0.3) is 0 Å². The van der Waals surface area contributed by atoms with Crippen molar-refractivity contribution in [1.29, 1.82) is 0 Å². The number of nitrogens with zero attached hydrogens (tertiary/aromatic N) is 6. The van der Waals surface area contributed by atoms with Crippen molar-refractivity contribution in [2.75, 3.05) is 34.8 Å². The molecule has 158 valence electrons. The fourth-order valence-electron chi connectivity index (χ4n) is 4.15. The summed E-state index contributed by atoms with van der Waals surface area (Å²) in [6, 6.07) is 7.90. The van der Waals surface area contributed by atoms with E-state index in [1.54, 1.807) is 23.5 Å². The molecule has 2 saturated heterocycles. The smallest absolute Gasteiger partial charge is 0.229 e. The van der Waals surface area contributed by atoms with Gasteiger partial charge >= 0.3 is 0 Å². The van der Waals surface area contributed by atoms with Crippen LogP contribution in [-0.2, 0) is 4.79 Å². The topological polar surface area (TPSA) is 87.1 Å². The van der Waals surface area contributed by atoms with E-state index >= 15 is 0 Å². The van der Waals surface area contributed by atoms with Crippen LogP contribution >= 0.6 is 11.6 Å². The second-order valence-corrected chi connectivity index (χ2v) is 8.16. The van der Waals surface area contributed by atoms with Gasteiger partial charge in [0.2, 0.25) is 11.9 Å². The summed E-state index contributed by atoms with van der Waals surface area (Å²) in [5.74, 6) is 1.62. The number of aromatic nitrogens is 4. The van der Waals surface area contributed by atoms with Gasteiger partial charge in [0, 0.05) is 43.9 Å². The molecular weight excluding hydrogens is 414 g/mol. The summed E-state index contributed by atoms with van der Waals surface area (Å²) < 4.78 is 0. The lowest BCUT2D eigenvalue weighted by Crippen LogP contribution is -2.23. The number of hydrogen-bond donors (Lipinski definition) is 1. The number of carbonyl (C=O) groups is 1. The van der Waals surface area contributed by atoms with Crippen molar-refractivity contribution < 1.29 is 4.79 Å². The summed E-state index contributed by atoms with van der Waals surface area (Å²) in [4.78, 5) is 33.7. The number of nitrogens with one attached hydrogen (secondary N) is 1. The summed E-state index contributed by atoms with van der Waals surface area (Å²) in [5, 5.41) is 3.71. The normalized spacial score (nSPS) is 18.6. The van der Waals surface area contributed by atoms with Crippen LogP contribution in [0.4, 0.5) is 23.1 Å². The van der Waals surface area contributed by atoms with E-state index in [-0.39, 0.29) is 5.91 Å². The molecule has 0 bridgehead atoms. The minimum absolute atomic E-state index is 0.125. The van der Waals surface area contributed by atoms with E-state index in [1.807, 2.05) is 24.4 Å². The zero-order chi connectivity index (χ0) is 21.2. The molecule has 3 aromatic rings. The van der Waals surface area contributed by atoms with Gasteiger partial charge in [-0.1, -0.05) is 17.7 Å². The molecule has 2 fully saturated rings. The number of hydrogen-bond acceptors (Lipinski definition) is 7. The molecule has 5 heterocycles. The molecule has 8 nitrogen and oxygen atoms in total. The monoisotopic (exact) mass is 435 g/mol. The summed E-state index contributed by atoms with van der Waals surface area (Å²) in [6.07, 6.45) is 9.28. The van der Waals surface area contributed by atoms with E-state index in [4.69, 9.17) is 11.6 Å². The maximum absolute atomic E-state index is 12.0. The molecule has 9 heteroatoms. The Balaban J connectivity index is 1.33. The third kappa shape index (κ3) is 4.16. The SMILES string of the molecule is O=C1CCCN1c1cncc(Nc2ncc(Cl)c(N3CCC(c4ccccn4)C3)n2)c1. The first kappa shape index (κ1) is 19.7. The second-order valence-electron chi connectivity index (χ2n) is 7.76. The third-order valence-electron chi connectivity index (χ3n) is 5.68. The zero-order valence-corrected chi connectivity index (χ0v) is 17.7. The van der Waals surface area contributed by atoms with Gasteiger partial charge in [-0.3, -0.25) is 14.8 Å². The van der Waals surface area contributed by atoms with Gasteiger partial charge in [0.15, 0.2) is 5.82 Å². The molecule has 0 saturated carbocycles. The maximum Gasteiger partial charge on any atom is 0.229 e. The van der Waals surface area contributed by atoms with Crippen LogP contribution in [0.15, 0.2) is 49.1 Å². The summed E-state index contributed by atoms with van der Waals surface area (Å²) in [6.45, 7) is 2.38. The molecule has 1 atom stereocenters. The third-order valence-corrected chi connectivity index (χ3v) is 5.95. The molecule has 1 unspecified atom stereocenters. The molecule has 0 aromatic carbocycles. The van der Waals surface area contributed by atoms with Crippen molar-refractivity contribution in [3.8, 4) is 0 Å². The minimum Gasteiger partial charge on any atom is -0.355 e. The fourth-order valence-corrected chi connectivity index (χ4v) is 4.36. The predicted molar refractivity (Wildman–Crippen MR) is 120 cm³/mol.